The monoisotopic (exact) mass is 411 g/mol. The van der Waals surface area contributed by atoms with Crippen molar-refractivity contribution in [2.24, 2.45) is 0 Å². The highest BCUT2D eigenvalue weighted by Crippen LogP contribution is 2.45. The molecule has 5 aromatic rings. The maximum Gasteiger partial charge on any atom is 0.333 e. The van der Waals surface area contributed by atoms with Gasteiger partial charge in [-0.2, -0.15) is 0 Å². The van der Waals surface area contributed by atoms with E-state index in [9.17, 15) is 9.59 Å². The first kappa shape index (κ1) is 17.4. The molecule has 0 atom stereocenters. The highest BCUT2D eigenvalue weighted by atomic mass is 32.1. The molecule has 0 unspecified atom stereocenters. The molecule has 0 aliphatic heterocycles. The van der Waals surface area contributed by atoms with E-state index in [1.165, 1.54) is 34.3 Å². The lowest BCUT2D eigenvalue weighted by Crippen LogP contribution is -2.33. The molecule has 1 saturated carbocycles. The molecule has 0 amide bonds. The molecule has 5 nitrogen and oxygen atoms in total. The summed E-state index contributed by atoms with van der Waals surface area (Å²) >= 11 is 1.44. The summed E-state index contributed by atoms with van der Waals surface area (Å²) in [6, 6.07) is 17.9. The molecular formula is C24H17N3O2S. The van der Waals surface area contributed by atoms with Crippen molar-refractivity contribution in [1.29, 1.82) is 0 Å². The predicted octanol–water partition coefficient (Wildman–Crippen LogP) is 4.83. The molecule has 6 rings (SSSR count). The number of aromatic nitrogens is 3. The van der Waals surface area contributed by atoms with Crippen molar-refractivity contribution >= 4 is 32.3 Å². The van der Waals surface area contributed by atoms with E-state index in [1.807, 2.05) is 36.4 Å². The zero-order chi connectivity index (χ0) is 20.2. The van der Waals surface area contributed by atoms with Crippen LogP contribution in [0.4, 0.5) is 0 Å². The second kappa shape index (κ2) is 6.50. The minimum Gasteiger partial charge on any atom is -0.306 e. The standard InChI is InChI=1S/C24H17N3O2S/c28-23-22-19(11-21(30-22)18-8-4-3-6-16(18)14-9-10-14)26-24(29)27(23)20-13-25-12-15-5-1-2-7-17(15)20/h1-8,11-14H,9-10H2,(H,26,29). The van der Waals surface area contributed by atoms with Crippen LogP contribution in [0.2, 0.25) is 0 Å². The highest BCUT2D eigenvalue weighted by Gasteiger charge is 2.27. The molecule has 30 heavy (non-hydrogen) atoms. The fraction of sp³-hybridized carbons (Fsp3) is 0.125. The zero-order valence-electron chi connectivity index (χ0n) is 16.0. The summed E-state index contributed by atoms with van der Waals surface area (Å²) in [4.78, 5) is 34.5. The van der Waals surface area contributed by atoms with Gasteiger partial charge in [-0.1, -0.05) is 48.5 Å². The highest BCUT2D eigenvalue weighted by molar-refractivity contribution is 7.22. The van der Waals surface area contributed by atoms with Gasteiger partial charge in [-0.25, -0.2) is 9.36 Å². The fourth-order valence-electron chi connectivity index (χ4n) is 4.11. The van der Waals surface area contributed by atoms with Crippen molar-refractivity contribution in [3.8, 4) is 16.1 Å². The van der Waals surface area contributed by atoms with Crippen LogP contribution < -0.4 is 11.2 Å². The predicted molar refractivity (Wildman–Crippen MR) is 121 cm³/mol. The molecule has 0 spiro atoms. The molecule has 3 heterocycles. The first-order valence-electron chi connectivity index (χ1n) is 9.92. The van der Waals surface area contributed by atoms with Gasteiger partial charge in [-0.05, 0) is 36.0 Å². The van der Waals surface area contributed by atoms with E-state index < -0.39 is 5.69 Å². The number of rotatable bonds is 3. The molecule has 1 aliphatic rings. The largest absolute Gasteiger partial charge is 0.333 e. The molecule has 0 radical (unpaired) electrons. The van der Waals surface area contributed by atoms with Crippen LogP contribution in [0.15, 0.2) is 76.6 Å². The quantitative estimate of drug-likeness (QED) is 0.462. The van der Waals surface area contributed by atoms with Crippen LogP contribution in [0.3, 0.4) is 0 Å². The number of hydrogen-bond acceptors (Lipinski definition) is 4. The van der Waals surface area contributed by atoms with Crippen LogP contribution in [0.5, 0.6) is 0 Å². The molecule has 0 bridgehead atoms. The Bertz CT molecular complexity index is 1550. The molecular weight excluding hydrogens is 394 g/mol. The van der Waals surface area contributed by atoms with E-state index in [4.69, 9.17) is 0 Å². The molecule has 3 aromatic heterocycles. The summed E-state index contributed by atoms with van der Waals surface area (Å²) in [5.41, 5.74) is 2.79. The number of nitrogens with one attached hydrogen (secondary N) is 1. The normalized spacial score (nSPS) is 13.9. The Morgan fingerprint density at radius 1 is 1.00 bits per heavy atom. The number of pyridine rings is 1. The Labute approximate surface area is 175 Å². The van der Waals surface area contributed by atoms with Crippen LogP contribution in [0.25, 0.3) is 37.1 Å². The Kier molecular flexibility index (Phi) is 3.76. The van der Waals surface area contributed by atoms with Crippen molar-refractivity contribution in [1.82, 2.24) is 14.5 Å². The average Bonchev–Trinajstić information content (AvgIpc) is 3.53. The van der Waals surface area contributed by atoms with E-state index in [2.05, 4.69) is 28.2 Å². The van der Waals surface area contributed by atoms with E-state index in [1.54, 1.807) is 12.4 Å². The van der Waals surface area contributed by atoms with Gasteiger partial charge in [0.05, 0.1) is 17.4 Å². The third kappa shape index (κ3) is 2.64. The van der Waals surface area contributed by atoms with Gasteiger partial charge in [-0.3, -0.25) is 9.78 Å². The van der Waals surface area contributed by atoms with E-state index in [-0.39, 0.29) is 5.56 Å². The lowest BCUT2D eigenvalue weighted by atomic mass is 10.0. The van der Waals surface area contributed by atoms with Crippen LogP contribution in [-0.4, -0.2) is 14.5 Å². The zero-order valence-corrected chi connectivity index (χ0v) is 16.8. The second-order valence-corrected chi connectivity index (χ2v) is 8.72. The van der Waals surface area contributed by atoms with Crippen molar-refractivity contribution in [3.63, 3.8) is 0 Å². The average molecular weight is 411 g/mol. The summed E-state index contributed by atoms with van der Waals surface area (Å²) in [6.45, 7) is 0. The minimum atomic E-state index is -0.453. The minimum absolute atomic E-state index is 0.313. The molecule has 6 heteroatoms. The molecule has 2 aromatic carbocycles. The third-order valence-corrected chi connectivity index (χ3v) is 6.86. The smallest absolute Gasteiger partial charge is 0.306 e. The number of thiophene rings is 1. The van der Waals surface area contributed by atoms with Crippen molar-refractivity contribution < 1.29 is 0 Å². The van der Waals surface area contributed by atoms with Gasteiger partial charge >= 0.3 is 5.69 Å². The Morgan fingerprint density at radius 2 is 1.80 bits per heavy atom. The Hall–Kier alpha value is -3.51. The maximum atomic E-state index is 13.4. The van der Waals surface area contributed by atoms with E-state index >= 15 is 0 Å². The van der Waals surface area contributed by atoms with Gasteiger partial charge in [0, 0.05) is 21.8 Å². The number of hydrogen-bond donors (Lipinski definition) is 1. The summed E-state index contributed by atoms with van der Waals surface area (Å²) in [5.74, 6) is 0.601. The number of fused-ring (bicyclic) bond motifs is 2. The third-order valence-electron chi connectivity index (χ3n) is 5.71. The molecule has 1 N–H and O–H groups in total. The number of benzene rings is 2. The van der Waals surface area contributed by atoms with Crippen molar-refractivity contribution in [2.75, 3.05) is 0 Å². The van der Waals surface area contributed by atoms with Gasteiger partial charge in [0.25, 0.3) is 5.56 Å². The summed E-state index contributed by atoms with van der Waals surface area (Å²) in [7, 11) is 0. The Morgan fingerprint density at radius 3 is 2.67 bits per heavy atom. The summed E-state index contributed by atoms with van der Waals surface area (Å²) < 4.78 is 1.74. The summed E-state index contributed by atoms with van der Waals surface area (Å²) in [6.07, 6.45) is 5.72. The first-order chi connectivity index (χ1) is 14.7. The van der Waals surface area contributed by atoms with Crippen molar-refractivity contribution in [3.05, 3.63) is 93.4 Å². The molecule has 1 aliphatic carbocycles. The molecule has 146 valence electrons. The van der Waals surface area contributed by atoms with Crippen molar-refractivity contribution in [2.45, 2.75) is 18.8 Å². The van der Waals surface area contributed by atoms with Gasteiger partial charge < -0.3 is 4.98 Å². The summed E-state index contributed by atoms with van der Waals surface area (Å²) in [5, 5.41) is 1.70. The van der Waals surface area contributed by atoms with Crippen LogP contribution in [0.1, 0.15) is 24.3 Å². The number of H-pyrrole nitrogens is 1. The van der Waals surface area contributed by atoms with E-state index in [0.29, 0.717) is 21.8 Å². The van der Waals surface area contributed by atoms with Crippen LogP contribution in [0, 0.1) is 0 Å². The molecule has 1 fully saturated rings. The fourth-order valence-corrected chi connectivity index (χ4v) is 5.20. The Balaban J connectivity index is 1.60. The van der Waals surface area contributed by atoms with Gasteiger partial charge in [0.2, 0.25) is 0 Å². The number of nitrogens with zero attached hydrogens (tertiary/aromatic N) is 2. The lowest BCUT2D eigenvalue weighted by molar-refractivity contribution is 0.905. The van der Waals surface area contributed by atoms with Gasteiger partial charge in [-0.15, -0.1) is 11.3 Å². The molecule has 0 saturated heterocycles. The second-order valence-electron chi connectivity index (χ2n) is 7.67. The van der Waals surface area contributed by atoms with Crippen LogP contribution in [-0.2, 0) is 0 Å². The number of aromatic amines is 1. The van der Waals surface area contributed by atoms with Gasteiger partial charge in [0.15, 0.2) is 0 Å². The topological polar surface area (TPSA) is 67.8 Å². The van der Waals surface area contributed by atoms with Crippen LogP contribution >= 0.6 is 11.3 Å². The van der Waals surface area contributed by atoms with E-state index in [0.717, 1.165) is 21.2 Å². The SMILES string of the molecule is O=c1[nH]c2cc(-c3ccccc3C3CC3)sc2c(=O)n1-c1cncc2ccccc12. The lowest BCUT2D eigenvalue weighted by Gasteiger charge is -2.07. The maximum absolute atomic E-state index is 13.4. The first-order valence-corrected chi connectivity index (χ1v) is 10.7. The van der Waals surface area contributed by atoms with Gasteiger partial charge in [0.1, 0.15) is 4.70 Å².